The second-order valence-electron chi connectivity index (χ2n) is 5.59. The van der Waals surface area contributed by atoms with Crippen LogP contribution in [0.4, 0.5) is 0 Å². The van der Waals surface area contributed by atoms with Crippen LogP contribution in [0, 0.1) is 5.92 Å². The molecule has 1 heterocycles. The first kappa shape index (κ1) is 13.7. The maximum absolute atomic E-state index is 4.74. The lowest BCUT2D eigenvalue weighted by Gasteiger charge is -2.14. The van der Waals surface area contributed by atoms with Gasteiger partial charge in [0.1, 0.15) is 0 Å². The molecule has 2 aliphatic rings. The monoisotopic (exact) mass is 252 g/mol. The summed E-state index contributed by atoms with van der Waals surface area (Å²) in [5.74, 6) is 1.78. The minimum absolute atomic E-state index is 0.683. The molecule has 1 atom stereocenters. The van der Waals surface area contributed by atoms with Crippen LogP contribution in [0.1, 0.15) is 39.5 Å². The van der Waals surface area contributed by atoms with Gasteiger partial charge in [0.05, 0.1) is 0 Å². The lowest BCUT2D eigenvalue weighted by molar-refractivity contribution is 0.326. The number of hydrogen-bond donors (Lipinski definition) is 2. The van der Waals surface area contributed by atoms with Crippen molar-refractivity contribution in [3.8, 4) is 0 Å². The molecule has 4 heteroatoms. The third kappa shape index (κ3) is 4.48. The molecule has 0 spiro atoms. The van der Waals surface area contributed by atoms with Gasteiger partial charge in [0.25, 0.3) is 0 Å². The number of hydrogen-bond acceptors (Lipinski definition) is 2. The minimum atomic E-state index is 0.683. The molecular formula is C14H28N4. The Morgan fingerprint density at radius 2 is 2.11 bits per heavy atom. The first-order valence-corrected chi connectivity index (χ1v) is 7.59. The Balaban J connectivity index is 1.73. The van der Waals surface area contributed by atoms with Crippen molar-refractivity contribution in [2.45, 2.75) is 45.6 Å². The molecule has 1 aliphatic carbocycles. The van der Waals surface area contributed by atoms with Crippen molar-refractivity contribution in [3.63, 3.8) is 0 Å². The first-order valence-electron chi connectivity index (χ1n) is 7.59. The normalized spacial score (nSPS) is 25.4. The van der Waals surface area contributed by atoms with Crippen LogP contribution in [0.3, 0.4) is 0 Å². The first-order chi connectivity index (χ1) is 8.81. The van der Waals surface area contributed by atoms with E-state index in [-0.39, 0.29) is 0 Å². The zero-order valence-electron chi connectivity index (χ0n) is 11.9. The summed E-state index contributed by atoms with van der Waals surface area (Å²) in [6.07, 6.45) is 5.18. The second-order valence-corrected chi connectivity index (χ2v) is 5.59. The largest absolute Gasteiger partial charge is 0.357 e. The van der Waals surface area contributed by atoms with E-state index in [1.165, 1.54) is 45.3 Å². The van der Waals surface area contributed by atoms with E-state index < -0.39 is 0 Å². The van der Waals surface area contributed by atoms with E-state index in [9.17, 15) is 0 Å². The molecule has 0 aromatic heterocycles. The number of likely N-dealkylation sites (tertiary alicyclic amines) is 1. The van der Waals surface area contributed by atoms with E-state index in [0.29, 0.717) is 6.04 Å². The molecule has 104 valence electrons. The summed E-state index contributed by atoms with van der Waals surface area (Å²) in [6.45, 7) is 10.1. The molecule has 2 fully saturated rings. The van der Waals surface area contributed by atoms with Crippen LogP contribution in [-0.4, -0.2) is 49.6 Å². The van der Waals surface area contributed by atoms with Gasteiger partial charge < -0.3 is 15.5 Å². The lowest BCUT2D eigenvalue weighted by atomic mass is 10.1. The average molecular weight is 252 g/mol. The van der Waals surface area contributed by atoms with Gasteiger partial charge >= 0.3 is 0 Å². The van der Waals surface area contributed by atoms with Gasteiger partial charge in [-0.25, -0.2) is 0 Å². The molecule has 0 radical (unpaired) electrons. The lowest BCUT2D eigenvalue weighted by Crippen LogP contribution is -2.39. The highest BCUT2D eigenvalue weighted by atomic mass is 15.2. The Hall–Kier alpha value is -0.770. The van der Waals surface area contributed by atoms with Gasteiger partial charge in [0.15, 0.2) is 5.96 Å². The molecule has 2 N–H and O–H groups in total. The van der Waals surface area contributed by atoms with E-state index >= 15 is 0 Å². The molecule has 0 amide bonds. The minimum Gasteiger partial charge on any atom is -0.357 e. The second kappa shape index (κ2) is 6.98. The van der Waals surface area contributed by atoms with Crippen LogP contribution in [-0.2, 0) is 0 Å². The van der Waals surface area contributed by atoms with Crippen LogP contribution in [0.15, 0.2) is 4.99 Å². The molecule has 18 heavy (non-hydrogen) atoms. The molecule has 1 aliphatic heterocycles. The quantitative estimate of drug-likeness (QED) is 0.555. The number of guanidine groups is 1. The zero-order valence-corrected chi connectivity index (χ0v) is 11.9. The highest BCUT2D eigenvalue weighted by Gasteiger charge is 2.23. The Kier molecular flexibility index (Phi) is 5.29. The van der Waals surface area contributed by atoms with E-state index in [0.717, 1.165) is 25.0 Å². The number of aliphatic imine (C=N–C) groups is 1. The fourth-order valence-electron chi connectivity index (χ4n) is 2.54. The van der Waals surface area contributed by atoms with Crippen molar-refractivity contribution < 1.29 is 0 Å². The summed E-state index contributed by atoms with van der Waals surface area (Å²) in [5.41, 5.74) is 0. The van der Waals surface area contributed by atoms with Gasteiger partial charge in [-0.1, -0.05) is 6.92 Å². The molecule has 1 saturated carbocycles. The molecule has 1 unspecified atom stereocenters. The Morgan fingerprint density at radius 1 is 1.28 bits per heavy atom. The smallest absolute Gasteiger partial charge is 0.191 e. The molecule has 0 aromatic carbocycles. The third-order valence-corrected chi connectivity index (χ3v) is 3.68. The van der Waals surface area contributed by atoms with Crippen LogP contribution >= 0.6 is 0 Å². The van der Waals surface area contributed by atoms with Crippen molar-refractivity contribution in [3.05, 3.63) is 0 Å². The van der Waals surface area contributed by atoms with Crippen LogP contribution < -0.4 is 10.6 Å². The Labute approximate surface area is 111 Å². The van der Waals surface area contributed by atoms with E-state index in [4.69, 9.17) is 4.99 Å². The van der Waals surface area contributed by atoms with Gasteiger partial charge in [-0.3, -0.25) is 4.99 Å². The van der Waals surface area contributed by atoms with Crippen molar-refractivity contribution in [1.29, 1.82) is 0 Å². The maximum Gasteiger partial charge on any atom is 0.191 e. The summed E-state index contributed by atoms with van der Waals surface area (Å²) in [6, 6.07) is 0.683. The highest BCUT2D eigenvalue weighted by Crippen LogP contribution is 2.19. The van der Waals surface area contributed by atoms with E-state index in [2.05, 4.69) is 29.4 Å². The zero-order chi connectivity index (χ0) is 12.8. The Bertz CT molecular complexity index is 273. The number of rotatable bonds is 6. The van der Waals surface area contributed by atoms with Crippen molar-refractivity contribution in [1.82, 2.24) is 15.5 Å². The molecule has 4 nitrogen and oxygen atoms in total. The highest BCUT2D eigenvalue weighted by molar-refractivity contribution is 5.80. The summed E-state index contributed by atoms with van der Waals surface area (Å²) in [7, 11) is 0. The molecule has 2 rings (SSSR count). The van der Waals surface area contributed by atoms with Gasteiger partial charge in [0.2, 0.25) is 0 Å². The maximum atomic E-state index is 4.74. The average Bonchev–Trinajstić information content (AvgIpc) is 3.06. The third-order valence-electron chi connectivity index (χ3n) is 3.68. The number of nitrogens with zero attached hydrogens (tertiary/aromatic N) is 2. The van der Waals surface area contributed by atoms with Crippen molar-refractivity contribution in [2.24, 2.45) is 10.9 Å². The SMILES string of the molecule is CCCN1CCC(CN=C(NCC)NC2CC2)C1. The summed E-state index contributed by atoms with van der Waals surface area (Å²) < 4.78 is 0. The van der Waals surface area contributed by atoms with Gasteiger partial charge in [-0.2, -0.15) is 0 Å². The van der Waals surface area contributed by atoms with Crippen molar-refractivity contribution >= 4 is 5.96 Å². The van der Waals surface area contributed by atoms with Gasteiger partial charge in [-0.05, 0) is 51.6 Å². The summed E-state index contributed by atoms with van der Waals surface area (Å²) in [5, 5.41) is 6.82. The van der Waals surface area contributed by atoms with Gasteiger partial charge in [0, 0.05) is 25.7 Å². The Morgan fingerprint density at radius 3 is 2.78 bits per heavy atom. The van der Waals surface area contributed by atoms with Crippen LogP contribution in [0.5, 0.6) is 0 Å². The summed E-state index contributed by atoms with van der Waals surface area (Å²) >= 11 is 0. The van der Waals surface area contributed by atoms with Crippen LogP contribution in [0.2, 0.25) is 0 Å². The predicted octanol–water partition coefficient (Wildman–Crippen LogP) is 1.44. The van der Waals surface area contributed by atoms with Crippen molar-refractivity contribution in [2.75, 3.05) is 32.7 Å². The fraction of sp³-hybridized carbons (Fsp3) is 0.929. The molecule has 1 saturated heterocycles. The number of nitrogens with one attached hydrogen (secondary N) is 2. The van der Waals surface area contributed by atoms with Crippen LogP contribution in [0.25, 0.3) is 0 Å². The molecular weight excluding hydrogens is 224 g/mol. The topological polar surface area (TPSA) is 39.7 Å². The molecule has 0 aromatic rings. The predicted molar refractivity (Wildman–Crippen MR) is 77.0 cm³/mol. The van der Waals surface area contributed by atoms with E-state index in [1.54, 1.807) is 0 Å². The summed E-state index contributed by atoms with van der Waals surface area (Å²) in [4.78, 5) is 7.31. The standard InChI is InChI=1S/C14H28N4/c1-3-8-18-9-7-12(11-18)10-16-14(15-4-2)17-13-5-6-13/h12-13H,3-11H2,1-2H3,(H2,15,16,17). The van der Waals surface area contributed by atoms with Gasteiger partial charge in [-0.15, -0.1) is 0 Å². The van der Waals surface area contributed by atoms with E-state index in [1.807, 2.05) is 0 Å². The fourth-order valence-corrected chi connectivity index (χ4v) is 2.54. The molecule has 0 bridgehead atoms.